The zero-order chi connectivity index (χ0) is 19.6. The summed E-state index contributed by atoms with van der Waals surface area (Å²) in [7, 11) is 0. The van der Waals surface area contributed by atoms with E-state index in [0.717, 1.165) is 11.1 Å². The van der Waals surface area contributed by atoms with Crippen molar-refractivity contribution >= 4 is 5.91 Å². The van der Waals surface area contributed by atoms with Crippen LogP contribution in [-0.4, -0.2) is 30.1 Å². The number of ether oxygens (including phenoxy) is 1. The zero-order valence-corrected chi connectivity index (χ0v) is 15.7. The van der Waals surface area contributed by atoms with E-state index in [0.29, 0.717) is 18.7 Å². The Morgan fingerprint density at radius 1 is 0.821 bits per heavy atom. The fourth-order valence-electron chi connectivity index (χ4n) is 2.96. The summed E-state index contributed by atoms with van der Waals surface area (Å²) >= 11 is 0. The molecule has 0 bridgehead atoms. The minimum Gasteiger partial charge on any atom is -0.374 e. The van der Waals surface area contributed by atoms with Gasteiger partial charge in [-0.05, 0) is 23.3 Å². The summed E-state index contributed by atoms with van der Waals surface area (Å²) in [6, 6.07) is 28.2. The van der Waals surface area contributed by atoms with E-state index in [1.54, 1.807) is 17.0 Å². The highest BCUT2D eigenvalue weighted by molar-refractivity contribution is 5.94. The average molecular weight is 377 g/mol. The summed E-state index contributed by atoms with van der Waals surface area (Å²) in [5, 5.41) is 0. The van der Waals surface area contributed by atoms with Crippen LogP contribution in [0.5, 0.6) is 0 Å². The lowest BCUT2D eigenvalue weighted by molar-refractivity contribution is 0.0434. The number of rotatable bonds is 9. The van der Waals surface area contributed by atoms with Crippen molar-refractivity contribution in [3.05, 3.63) is 108 Å². The lowest BCUT2D eigenvalue weighted by atomic mass is 10.1. The van der Waals surface area contributed by atoms with Crippen LogP contribution >= 0.6 is 0 Å². The van der Waals surface area contributed by atoms with Gasteiger partial charge in [-0.2, -0.15) is 0 Å². The molecule has 0 saturated carbocycles. The van der Waals surface area contributed by atoms with Crippen molar-refractivity contribution < 1.29 is 13.9 Å². The quantitative estimate of drug-likeness (QED) is 0.532. The van der Waals surface area contributed by atoms with E-state index in [4.69, 9.17) is 4.74 Å². The highest BCUT2D eigenvalue weighted by atomic mass is 19.1. The number of carbonyl (C=O) groups is 1. The van der Waals surface area contributed by atoms with Crippen molar-refractivity contribution in [1.29, 1.82) is 0 Å². The van der Waals surface area contributed by atoms with Gasteiger partial charge in [0, 0.05) is 12.1 Å². The molecule has 0 heterocycles. The summed E-state index contributed by atoms with van der Waals surface area (Å²) in [6.07, 6.45) is -1.26. The van der Waals surface area contributed by atoms with Crippen molar-refractivity contribution in [3.63, 3.8) is 0 Å². The topological polar surface area (TPSA) is 29.5 Å². The molecule has 3 aromatic rings. The van der Waals surface area contributed by atoms with Crippen molar-refractivity contribution in [1.82, 2.24) is 4.90 Å². The third-order valence-electron chi connectivity index (χ3n) is 4.35. The molecule has 1 amide bonds. The van der Waals surface area contributed by atoms with Crippen molar-refractivity contribution in [2.24, 2.45) is 0 Å². The molecular weight excluding hydrogens is 353 g/mol. The maximum Gasteiger partial charge on any atom is 0.254 e. The fourth-order valence-corrected chi connectivity index (χ4v) is 2.96. The van der Waals surface area contributed by atoms with Gasteiger partial charge in [0.1, 0.15) is 6.17 Å². The molecule has 0 N–H and O–H groups in total. The second kappa shape index (κ2) is 10.4. The van der Waals surface area contributed by atoms with Crippen LogP contribution in [0.25, 0.3) is 0 Å². The predicted octanol–water partition coefficient (Wildman–Crippen LogP) is 4.88. The van der Waals surface area contributed by atoms with Gasteiger partial charge < -0.3 is 9.64 Å². The van der Waals surface area contributed by atoms with E-state index in [9.17, 15) is 9.18 Å². The van der Waals surface area contributed by atoms with Crippen LogP contribution in [0, 0.1) is 0 Å². The smallest absolute Gasteiger partial charge is 0.254 e. The van der Waals surface area contributed by atoms with E-state index in [1.165, 1.54) is 0 Å². The van der Waals surface area contributed by atoms with E-state index in [1.807, 2.05) is 78.9 Å². The van der Waals surface area contributed by atoms with Gasteiger partial charge >= 0.3 is 0 Å². The largest absolute Gasteiger partial charge is 0.374 e. The molecule has 144 valence electrons. The fraction of sp³-hybridized carbons (Fsp3) is 0.208. The van der Waals surface area contributed by atoms with Crippen LogP contribution in [0.3, 0.4) is 0 Å². The van der Waals surface area contributed by atoms with Crippen molar-refractivity contribution in [2.45, 2.75) is 19.3 Å². The van der Waals surface area contributed by atoms with Gasteiger partial charge in [0.05, 0.1) is 19.8 Å². The maximum absolute atomic E-state index is 14.6. The molecule has 1 unspecified atom stereocenters. The number of hydrogen-bond acceptors (Lipinski definition) is 2. The molecule has 0 aliphatic carbocycles. The first kappa shape index (κ1) is 19.8. The van der Waals surface area contributed by atoms with E-state index < -0.39 is 6.17 Å². The Hall–Kier alpha value is -2.98. The van der Waals surface area contributed by atoms with E-state index >= 15 is 0 Å². The second-order valence-electron chi connectivity index (χ2n) is 6.64. The third-order valence-corrected chi connectivity index (χ3v) is 4.35. The van der Waals surface area contributed by atoms with Gasteiger partial charge in [0.2, 0.25) is 0 Å². The van der Waals surface area contributed by atoms with Gasteiger partial charge in [-0.15, -0.1) is 0 Å². The minimum atomic E-state index is -1.26. The van der Waals surface area contributed by atoms with Crippen molar-refractivity contribution in [2.75, 3.05) is 13.2 Å². The monoisotopic (exact) mass is 377 g/mol. The van der Waals surface area contributed by atoms with Gasteiger partial charge in [-0.25, -0.2) is 4.39 Å². The Kier molecular flexibility index (Phi) is 7.33. The molecule has 3 aromatic carbocycles. The predicted molar refractivity (Wildman–Crippen MR) is 109 cm³/mol. The molecule has 0 aromatic heterocycles. The molecular formula is C24H24FNO2. The van der Waals surface area contributed by atoms with Gasteiger partial charge in [0.15, 0.2) is 0 Å². The van der Waals surface area contributed by atoms with Crippen molar-refractivity contribution in [3.8, 4) is 0 Å². The van der Waals surface area contributed by atoms with Gasteiger partial charge in [0.25, 0.3) is 5.91 Å². The molecule has 0 aliphatic heterocycles. The SMILES string of the molecule is O=C(c1ccccc1)N(Cc1ccccc1)CC(F)COCc1ccccc1. The Morgan fingerprint density at radius 3 is 1.96 bits per heavy atom. The third kappa shape index (κ3) is 6.03. The number of hydrogen-bond donors (Lipinski definition) is 0. The second-order valence-corrected chi connectivity index (χ2v) is 6.64. The van der Waals surface area contributed by atoms with E-state index in [2.05, 4.69) is 0 Å². The first-order chi connectivity index (χ1) is 13.7. The van der Waals surface area contributed by atoms with Crippen LogP contribution in [0.15, 0.2) is 91.0 Å². The summed E-state index contributed by atoms with van der Waals surface area (Å²) in [5.41, 5.74) is 2.51. The first-order valence-electron chi connectivity index (χ1n) is 9.36. The maximum atomic E-state index is 14.6. The summed E-state index contributed by atoms with van der Waals surface area (Å²) in [4.78, 5) is 14.4. The Labute approximate surface area is 165 Å². The van der Waals surface area contributed by atoms with Crippen LogP contribution < -0.4 is 0 Å². The standard InChI is InChI=1S/C24H24FNO2/c25-23(19-28-18-21-12-6-2-7-13-21)17-26(16-20-10-4-1-5-11-20)24(27)22-14-8-3-9-15-22/h1-15,23H,16-19H2. The highest BCUT2D eigenvalue weighted by Crippen LogP contribution is 2.12. The Balaban J connectivity index is 1.61. The van der Waals surface area contributed by atoms with Crippen LogP contribution in [0.2, 0.25) is 0 Å². The molecule has 3 nitrogen and oxygen atoms in total. The van der Waals surface area contributed by atoms with Crippen LogP contribution in [0.1, 0.15) is 21.5 Å². The molecule has 0 aliphatic rings. The zero-order valence-electron chi connectivity index (χ0n) is 15.7. The molecule has 4 heteroatoms. The molecule has 28 heavy (non-hydrogen) atoms. The summed E-state index contributed by atoms with van der Waals surface area (Å²) < 4.78 is 20.1. The van der Waals surface area contributed by atoms with Crippen LogP contribution in [-0.2, 0) is 17.9 Å². The molecule has 3 rings (SSSR count). The lowest BCUT2D eigenvalue weighted by Crippen LogP contribution is -2.37. The molecule has 0 saturated heterocycles. The Bertz CT molecular complexity index is 840. The highest BCUT2D eigenvalue weighted by Gasteiger charge is 2.20. The minimum absolute atomic E-state index is 0.0165. The number of amides is 1. The molecule has 1 atom stereocenters. The number of nitrogens with zero attached hydrogens (tertiary/aromatic N) is 1. The summed E-state index contributed by atoms with van der Waals surface area (Å²) in [5.74, 6) is -0.185. The average Bonchev–Trinajstić information content (AvgIpc) is 2.75. The van der Waals surface area contributed by atoms with E-state index in [-0.39, 0.29) is 19.1 Å². The van der Waals surface area contributed by atoms with Gasteiger partial charge in [-0.3, -0.25) is 4.79 Å². The number of halogens is 1. The summed E-state index contributed by atoms with van der Waals surface area (Å²) in [6.45, 7) is 0.639. The molecule has 0 spiro atoms. The normalized spacial score (nSPS) is 11.8. The lowest BCUT2D eigenvalue weighted by Gasteiger charge is -2.25. The number of benzene rings is 3. The van der Waals surface area contributed by atoms with Gasteiger partial charge in [-0.1, -0.05) is 78.9 Å². The first-order valence-corrected chi connectivity index (χ1v) is 9.36. The Morgan fingerprint density at radius 2 is 1.36 bits per heavy atom. The van der Waals surface area contributed by atoms with Crippen LogP contribution in [0.4, 0.5) is 4.39 Å². The number of alkyl halides is 1. The molecule has 0 radical (unpaired) electrons. The number of carbonyl (C=O) groups excluding carboxylic acids is 1. The molecule has 0 fully saturated rings.